The molecule has 0 radical (unpaired) electrons. The first kappa shape index (κ1) is 15.9. The molecule has 1 heterocycles. The minimum atomic E-state index is -0.952. The van der Waals surface area contributed by atoms with Crippen LogP contribution in [0.1, 0.15) is 24.5 Å². The number of hydrogen-bond acceptors (Lipinski definition) is 4. The Hall–Kier alpha value is -1.50. The summed E-state index contributed by atoms with van der Waals surface area (Å²) >= 11 is 0. The van der Waals surface area contributed by atoms with Crippen molar-refractivity contribution in [2.45, 2.75) is 25.0 Å². The molecule has 1 aromatic carbocycles. The SMILES string of the molecule is NC(C(=O)NCC(O)c1cccc(F)c1)C1CCOCC1. The molecule has 5 nitrogen and oxygen atoms in total. The molecular weight excluding hydrogens is 275 g/mol. The highest BCUT2D eigenvalue weighted by Gasteiger charge is 2.26. The van der Waals surface area contributed by atoms with Crippen LogP contribution in [0.4, 0.5) is 4.39 Å². The van der Waals surface area contributed by atoms with Crippen molar-refractivity contribution in [1.82, 2.24) is 5.32 Å². The van der Waals surface area contributed by atoms with Gasteiger partial charge in [0.2, 0.25) is 5.91 Å². The molecule has 1 aliphatic heterocycles. The van der Waals surface area contributed by atoms with Gasteiger partial charge in [-0.05, 0) is 36.5 Å². The number of amides is 1. The molecule has 116 valence electrons. The minimum absolute atomic E-state index is 0.0131. The van der Waals surface area contributed by atoms with Gasteiger partial charge < -0.3 is 20.9 Å². The van der Waals surface area contributed by atoms with Crippen molar-refractivity contribution in [3.63, 3.8) is 0 Å². The molecule has 2 atom stereocenters. The summed E-state index contributed by atoms with van der Waals surface area (Å²) in [5.41, 5.74) is 6.36. The van der Waals surface area contributed by atoms with E-state index in [9.17, 15) is 14.3 Å². The summed E-state index contributed by atoms with van der Waals surface area (Å²) in [5, 5.41) is 12.6. The fraction of sp³-hybridized carbons (Fsp3) is 0.533. The van der Waals surface area contributed by atoms with E-state index in [1.807, 2.05) is 0 Å². The van der Waals surface area contributed by atoms with Crippen molar-refractivity contribution in [2.24, 2.45) is 11.7 Å². The van der Waals surface area contributed by atoms with E-state index >= 15 is 0 Å². The molecule has 0 aliphatic carbocycles. The molecule has 0 saturated carbocycles. The average Bonchev–Trinajstić information content (AvgIpc) is 2.52. The van der Waals surface area contributed by atoms with Crippen LogP contribution in [0.25, 0.3) is 0 Å². The van der Waals surface area contributed by atoms with Crippen LogP contribution >= 0.6 is 0 Å². The van der Waals surface area contributed by atoms with Gasteiger partial charge in [-0.25, -0.2) is 4.39 Å². The highest BCUT2D eigenvalue weighted by Crippen LogP contribution is 2.18. The lowest BCUT2D eigenvalue weighted by molar-refractivity contribution is -0.124. The molecule has 1 saturated heterocycles. The second-order valence-corrected chi connectivity index (χ2v) is 5.29. The van der Waals surface area contributed by atoms with Gasteiger partial charge in [-0.1, -0.05) is 12.1 Å². The van der Waals surface area contributed by atoms with Gasteiger partial charge in [0.25, 0.3) is 0 Å². The molecule has 1 aromatic rings. The van der Waals surface area contributed by atoms with Gasteiger partial charge in [0, 0.05) is 19.8 Å². The lowest BCUT2D eigenvalue weighted by Crippen LogP contribution is -2.47. The van der Waals surface area contributed by atoms with Gasteiger partial charge in [0.05, 0.1) is 12.1 Å². The lowest BCUT2D eigenvalue weighted by atomic mass is 9.92. The van der Waals surface area contributed by atoms with E-state index in [2.05, 4.69) is 5.32 Å². The van der Waals surface area contributed by atoms with E-state index in [1.54, 1.807) is 6.07 Å². The number of ether oxygens (including phenoxy) is 1. The number of carbonyl (C=O) groups excluding carboxylic acids is 1. The third-order valence-corrected chi connectivity index (χ3v) is 3.78. The summed E-state index contributed by atoms with van der Waals surface area (Å²) < 4.78 is 18.3. The Morgan fingerprint density at radius 3 is 2.86 bits per heavy atom. The highest BCUT2D eigenvalue weighted by molar-refractivity contribution is 5.81. The second kappa shape index (κ2) is 7.49. The number of aliphatic hydroxyl groups is 1. The molecule has 1 amide bonds. The Balaban J connectivity index is 1.82. The maximum Gasteiger partial charge on any atom is 0.237 e. The first-order chi connectivity index (χ1) is 10.1. The second-order valence-electron chi connectivity index (χ2n) is 5.29. The van der Waals surface area contributed by atoms with Crippen LogP contribution in [0.15, 0.2) is 24.3 Å². The summed E-state index contributed by atoms with van der Waals surface area (Å²) in [6.07, 6.45) is 0.578. The molecule has 2 rings (SSSR count). The fourth-order valence-electron chi connectivity index (χ4n) is 2.44. The van der Waals surface area contributed by atoms with Crippen LogP contribution in [-0.4, -0.2) is 36.8 Å². The zero-order chi connectivity index (χ0) is 15.2. The fourth-order valence-corrected chi connectivity index (χ4v) is 2.44. The zero-order valence-corrected chi connectivity index (χ0v) is 11.8. The van der Waals surface area contributed by atoms with Crippen LogP contribution in [0.2, 0.25) is 0 Å². The Kier molecular flexibility index (Phi) is 5.67. The standard InChI is InChI=1S/C15H21FN2O3/c16-12-3-1-2-11(8-12)13(19)9-18-15(20)14(17)10-4-6-21-7-5-10/h1-3,8,10,13-14,19H,4-7,9,17H2,(H,18,20). The highest BCUT2D eigenvalue weighted by atomic mass is 19.1. The Morgan fingerprint density at radius 2 is 2.19 bits per heavy atom. The number of aliphatic hydroxyl groups excluding tert-OH is 1. The van der Waals surface area contributed by atoms with Gasteiger partial charge in [0.15, 0.2) is 0 Å². The van der Waals surface area contributed by atoms with Crippen LogP contribution in [0, 0.1) is 11.7 Å². The molecule has 1 aliphatic rings. The largest absolute Gasteiger partial charge is 0.387 e. The van der Waals surface area contributed by atoms with Crippen LogP contribution in [0.5, 0.6) is 0 Å². The molecule has 21 heavy (non-hydrogen) atoms. The van der Waals surface area contributed by atoms with E-state index in [-0.39, 0.29) is 18.4 Å². The quantitative estimate of drug-likeness (QED) is 0.748. The number of nitrogens with one attached hydrogen (secondary N) is 1. The molecular formula is C15H21FN2O3. The predicted molar refractivity (Wildman–Crippen MR) is 75.9 cm³/mol. The Bertz CT molecular complexity index is 478. The van der Waals surface area contributed by atoms with E-state index in [0.29, 0.717) is 18.8 Å². The van der Waals surface area contributed by atoms with Crippen molar-refractivity contribution >= 4 is 5.91 Å². The maximum absolute atomic E-state index is 13.1. The van der Waals surface area contributed by atoms with Gasteiger partial charge in [-0.3, -0.25) is 4.79 Å². The number of nitrogens with two attached hydrogens (primary N) is 1. The third kappa shape index (κ3) is 4.49. The van der Waals surface area contributed by atoms with Crippen molar-refractivity contribution in [3.05, 3.63) is 35.6 Å². The van der Waals surface area contributed by atoms with E-state index in [0.717, 1.165) is 12.8 Å². The Morgan fingerprint density at radius 1 is 1.48 bits per heavy atom. The van der Waals surface area contributed by atoms with Gasteiger partial charge in [0.1, 0.15) is 5.82 Å². The maximum atomic E-state index is 13.1. The zero-order valence-electron chi connectivity index (χ0n) is 11.8. The van der Waals surface area contributed by atoms with Gasteiger partial charge >= 0.3 is 0 Å². The Labute approximate surface area is 123 Å². The minimum Gasteiger partial charge on any atom is -0.387 e. The van der Waals surface area contributed by atoms with Gasteiger partial charge in [-0.2, -0.15) is 0 Å². The monoisotopic (exact) mass is 296 g/mol. The number of benzene rings is 1. The van der Waals surface area contributed by atoms with Gasteiger partial charge in [-0.15, -0.1) is 0 Å². The van der Waals surface area contributed by atoms with Crippen molar-refractivity contribution < 1.29 is 19.0 Å². The summed E-state index contributed by atoms with van der Waals surface area (Å²) in [7, 11) is 0. The first-order valence-electron chi connectivity index (χ1n) is 7.12. The van der Waals surface area contributed by atoms with Crippen LogP contribution < -0.4 is 11.1 Å². The summed E-state index contributed by atoms with van der Waals surface area (Å²) in [5.74, 6) is -0.612. The third-order valence-electron chi connectivity index (χ3n) is 3.78. The first-order valence-corrected chi connectivity index (χ1v) is 7.12. The summed E-state index contributed by atoms with van der Waals surface area (Å²) in [6.45, 7) is 1.26. The molecule has 6 heteroatoms. The topological polar surface area (TPSA) is 84.6 Å². The number of halogens is 1. The molecule has 0 aromatic heterocycles. The average molecular weight is 296 g/mol. The van der Waals surface area contributed by atoms with Crippen LogP contribution in [-0.2, 0) is 9.53 Å². The van der Waals surface area contributed by atoms with Crippen molar-refractivity contribution in [3.8, 4) is 0 Å². The molecule has 2 unspecified atom stereocenters. The molecule has 1 fully saturated rings. The summed E-state index contributed by atoms with van der Waals surface area (Å²) in [4.78, 5) is 12.0. The van der Waals surface area contributed by atoms with E-state index in [4.69, 9.17) is 10.5 Å². The molecule has 0 spiro atoms. The van der Waals surface area contributed by atoms with E-state index in [1.165, 1.54) is 18.2 Å². The predicted octanol–water partition coefficient (Wildman–Crippen LogP) is 0.729. The number of rotatable bonds is 5. The number of carbonyl (C=O) groups is 1. The molecule has 4 N–H and O–H groups in total. The smallest absolute Gasteiger partial charge is 0.237 e. The molecule has 0 bridgehead atoms. The summed E-state index contributed by atoms with van der Waals surface area (Å²) in [6, 6.07) is 5.07. The number of hydrogen-bond donors (Lipinski definition) is 3. The van der Waals surface area contributed by atoms with Crippen molar-refractivity contribution in [1.29, 1.82) is 0 Å². The normalized spacial score (nSPS) is 19.0. The van der Waals surface area contributed by atoms with Crippen molar-refractivity contribution in [2.75, 3.05) is 19.8 Å². The van der Waals surface area contributed by atoms with E-state index < -0.39 is 18.0 Å². The van der Waals surface area contributed by atoms with Crippen LogP contribution in [0.3, 0.4) is 0 Å². The lowest BCUT2D eigenvalue weighted by Gasteiger charge is -2.27.